The highest BCUT2D eigenvalue weighted by Crippen LogP contribution is 2.55. The van der Waals surface area contributed by atoms with Crippen molar-refractivity contribution < 1.29 is 30.3 Å². The van der Waals surface area contributed by atoms with Gasteiger partial charge in [0.15, 0.2) is 11.5 Å². The molecule has 0 unspecified atom stereocenters. The Morgan fingerprint density at radius 2 is 1.29 bits per heavy atom. The second kappa shape index (κ2) is 10.5. The van der Waals surface area contributed by atoms with Crippen molar-refractivity contribution in [2.45, 2.75) is 6.67 Å². The first-order valence-electron chi connectivity index (χ1n) is 15.3. The Hall–Kier alpha value is -6.52. The van der Waals surface area contributed by atoms with Crippen LogP contribution in [0.25, 0.3) is 64.0 Å². The normalized spacial score (nSPS) is 14.7. The van der Waals surface area contributed by atoms with E-state index in [1.54, 1.807) is 35.6 Å². The second-order valence-corrected chi connectivity index (χ2v) is 12.8. The molecular weight excluding hydrogens is 639 g/mol. The van der Waals surface area contributed by atoms with Crippen molar-refractivity contribution in [2.75, 3.05) is 0 Å². The molecule has 5 N–H and O–H groups in total. The highest BCUT2D eigenvalue weighted by atomic mass is 32.1. The van der Waals surface area contributed by atoms with Crippen LogP contribution in [0.1, 0.15) is 11.1 Å². The lowest BCUT2D eigenvalue weighted by Gasteiger charge is -2.14. The van der Waals surface area contributed by atoms with E-state index in [1.807, 2.05) is 12.1 Å². The molecule has 0 saturated heterocycles. The predicted octanol–water partition coefficient (Wildman–Crippen LogP) is 8.86. The van der Waals surface area contributed by atoms with Crippen LogP contribution in [0, 0.1) is 0 Å². The number of ether oxygens (including phenoxy) is 1. The fourth-order valence-electron chi connectivity index (χ4n) is 7.05. The number of nitrogens with zero attached hydrogens (tertiary/aromatic N) is 3. The van der Waals surface area contributed by atoms with E-state index in [2.05, 4.69) is 76.9 Å². The van der Waals surface area contributed by atoms with Gasteiger partial charge in [-0.2, -0.15) is 0 Å². The summed E-state index contributed by atoms with van der Waals surface area (Å²) in [7, 11) is 0. The minimum absolute atomic E-state index is 0.114. The molecule has 0 aliphatic carbocycles. The summed E-state index contributed by atoms with van der Waals surface area (Å²) >= 11 is 1.76. The van der Waals surface area contributed by atoms with Crippen LogP contribution in [-0.2, 0) is 6.67 Å². The Kier molecular flexibility index (Phi) is 6.14. The van der Waals surface area contributed by atoms with Crippen molar-refractivity contribution >= 4 is 88.0 Å². The molecule has 238 valence electrons. The van der Waals surface area contributed by atoms with Gasteiger partial charge < -0.3 is 34.8 Å². The van der Waals surface area contributed by atoms with Crippen LogP contribution in [0.15, 0.2) is 107 Å². The first-order chi connectivity index (χ1) is 23.9. The largest absolute Gasteiger partial charge is 0.504 e. The molecule has 0 radical (unpaired) electrons. The molecule has 3 heterocycles. The van der Waals surface area contributed by atoms with E-state index in [9.17, 15) is 25.5 Å². The highest BCUT2D eigenvalue weighted by molar-refractivity contribution is 7.27. The smallest absolute Gasteiger partial charge is 0.226 e. The number of hydrogen-bond donors (Lipinski definition) is 5. The molecule has 1 aliphatic heterocycles. The Morgan fingerprint density at radius 1 is 0.673 bits per heavy atom. The van der Waals surface area contributed by atoms with Crippen molar-refractivity contribution in [3.8, 4) is 34.5 Å². The molecule has 0 saturated carbocycles. The molecule has 1 aliphatic rings. The van der Waals surface area contributed by atoms with Crippen molar-refractivity contribution in [3.05, 3.63) is 108 Å². The van der Waals surface area contributed by atoms with E-state index in [-0.39, 0.29) is 23.8 Å². The van der Waals surface area contributed by atoms with Gasteiger partial charge in [-0.05, 0) is 30.3 Å². The van der Waals surface area contributed by atoms with Crippen LogP contribution in [0.4, 0.5) is 0 Å². The summed E-state index contributed by atoms with van der Waals surface area (Å²) in [4.78, 5) is 9.12. The van der Waals surface area contributed by atoms with Crippen molar-refractivity contribution in [2.24, 2.45) is 9.98 Å². The number of para-hydroxylation sites is 2. The number of benzene rings is 6. The zero-order chi connectivity index (χ0) is 33.6. The van der Waals surface area contributed by atoms with Crippen LogP contribution in [0.3, 0.4) is 0 Å². The van der Waals surface area contributed by atoms with Gasteiger partial charge in [0, 0.05) is 41.9 Å². The topological polar surface area (TPSA) is 140 Å². The number of aliphatic imine (C=N–C) groups is 2. The molecule has 9 rings (SSSR count). The maximum Gasteiger partial charge on any atom is 0.226 e. The fourth-order valence-corrected chi connectivity index (χ4v) is 8.30. The molecule has 0 fully saturated rings. The maximum atomic E-state index is 10.9. The summed E-state index contributed by atoms with van der Waals surface area (Å²) in [6, 6.07) is 32.2. The van der Waals surface area contributed by atoms with Gasteiger partial charge in [-0.1, -0.05) is 78.9 Å². The summed E-state index contributed by atoms with van der Waals surface area (Å²) in [5.74, 6) is -4.35. The molecule has 0 amide bonds. The number of fused-ring (bicyclic) bond motifs is 11. The molecule has 49 heavy (non-hydrogen) atoms. The standard InChI is InChI=1S/C39H25N3O6S/c1-40-31(30-33(43)35(45)37(47)36(46)34(30)44)28-22-13-5-8-16-25(22)48-39(28)41-18-42-24-15-7-4-12-21(24)27-19-10-2-3-11-20(19)38-29(32(27)42)23-14-6-9-17-26(23)49-38/h2-17,43-47H,1,18H2/b31-28-,41-39+. The Morgan fingerprint density at radius 3 is 2.04 bits per heavy atom. The van der Waals surface area contributed by atoms with Gasteiger partial charge in [-0.15, -0.1) is 11.3 Å². The lowest BCUT2D eigenvalue weighted by Crippen LogP contribution is -2.08. The van der Waals surface area contributed by atoms with Gasteiger partial charge in [0.2, 0.25) is 23.1 Å². The third-order valence-electron chi connectivity index (χ3n) is 9.18. The summed E-state index contributed by atoms with van der Waals surface area (Å²) in [5.41, 5.74) is 2.24. The van der Waals surface area contributed by atoms with Gasteiger partial charge in [-0.25, -0.2) is 4.99 Å². The lowest BCUT2D eigenvalue weighted by atomic mass is 9.98. The van der Waals surface area contributed by atoms with Crippen LogP contribution in [0.2, 0.25) is 0 Å². The summed E-state index contributed by atoms with van der Waals surface area (Å²) < 4.78 is 10.8. The summed E-state index contributed by atoms with van der Waals surface area (Å²) in [6.07, 6.45) is 0. The zero-order valence-electron chi connectivity index (χ0n) is 25.5. The van der Waals surface area contributed by atoms with E-state index in [0.29, 0.717) is 11.3 Å². The molecular formula is C39H25N3O6S. The molecule has 0 bridgehead atoms. The van der Waals surface area contributed by atoms with Crippen LogP contribution >= 0.6 is 11.3 Å². The van der Waals surface area contributed by atoms with E-state index in [1.165, 1.54) is 14.8 Å². The van der Waals surface area contributed by atoms with E-state index >= 15 is 0 Å². The number of aromatic nitrogens is 1. The quantitative estimate of drug-likeness (QED) is 0.0724. The first-order valence-corrected chi connectivity index (χ1v) is 16.2. The summed E-state index contributed by atoms with van der Waals surface area (Å²) in [5, 5.41) is 59.3. The third kappa shape index (κ3) is 3.92. The van der Waals surface area contributed by atoms with Crippen molar-refractivity contribution in [3.63, 3.8) is 0 Å². The van der Waals surface area contributed by atoms with Gasteiger partial charge in [-0.3, -0.25) is 4.99 Å². The second-order valence-electron chi connectivity index (χ2n) is 11.7. The Bertz CT molecular complexity index is 2780. The summed E-state index contributed by atoms with van der Waals surface area (Å²) in [6.45, 7) is 3.77. The number of phenolic OH excluding ortho intramolecular Hbond substituents is 5. The Balaban J connectivity index is 1.35. The number of rotatable bonds is 4. The number of phenols is 5. The lowest BCUT2D eigenvalue weighted by molar-refractivity contribution is 0.327. The number of hydrogen-bond acceptors (Lipinski definition) is 9. The fraction of sp³-hybridized carbons (Fsp3) is 0.0256. The van der Waals surface area contributed by atoms with Crippen LogP contribution < -0.4 is 4.74 Å². The highest BCUT2D eigenvalue weighted by Gasteiger charge is 2.34. The maximum absolute atomic E-state index is 10.9. The molecule has 8 aromatic rings. The molecule has 0 atom stereocenters. The van der Waals surface area contributed by atoms with Crippen molar-refractivity contribution in [1.82, 2.24) is 4.57 Å². The zero-order valence-corrected chi connectivity index (χ0v) is 26.4. The van der Waals surface area contributed by atoms with E-state index < -0.39 is 34.3 Å². The number of aromatic hydroxyl groups is 5. The van der Waals surface area contributed by atoms with Crippen LogP contribution in [-0.4, -0.2) is 42.7 Å². The predicted molar refractivity (Wildman–Crippen MR) is 195 cm³/mol. The average molecular weight is 664 g/mol. The SMILES string of the molecule is C=N/C(=C1\C(=N/Cn2c3ccccc3c3c4ccccc4c4sc5ccccc5c4c32)Oc2ccccc21)c1c(O)c(O)c(O)c(O)c1O. The molecule has 9 nitrogen and oxygen atoms in total. The van der Waals surface area contributed by atoms with Crippen molar-refractivity contribution in [1.29, 1.82) is 0 Å². The first kappa shape index (κ1) is 28.7. The molecule has 6 aromatic carbocycles. The van der Waals surface area contributed by atoms with E-state index in [0.717, 1.165) is 38.0 Å². The van der Waals surface area contributed by atoms with E-state index in [4.69, 9.17) is 9.73 Å². The monoisotopic (exact) mass is 663 g/mol. The third-order valence-corrected chi connectivity index (χ3v) is 10.4. The van der Waals surface area contributed by atoms with Gasteiger partial charge in [0.05, 0.1) is 27.9 Å². The number of thiophene rings is 1. The van der Waals surface area contributed by atoms with Gasteiger partial charge in [0.25, 0.3) is 0 Å². The minimum atomic E-state index is -1.07. The van der Waals surface area contributed by atoms with Crippen LogP contribution in [0.5, 0.6) is 34.5 Å². The van der Waals surface area contributed by atoms with Gasteiger partial charge >= 0.3 is 0 Å². The average Bonchev–Trinajstić information content (AvgIpc) is 3.80. The molecule has 10 heteroatoms. The minimum Gasteiger partial charge on any atom is -0.504 e. The van der Waals surface area contributed by atoms with Gasteiger partial charge in [0.1, 0.15) is 12.4 Å². The molecule has 2 aromatic heterocycles. The Labute approximate surface area is 281 Å². The molecule has 0 spiro atoms.